The fourth-order valence-corrected chi connectivity index (χ4v) is 2.92. The van der Waals surface area contributed by atoms with Crippen LogP contribution in [0.4, 0.5) is 5.69 Å². The molecule has 0 atom stereocenters. The fraction of sp³-hybridized carbons (Fsp3) is 0.467. The van der Waals surface area contributed by atoms with E-state index in [0.717, 1.165) is 37.9 Å². The average Bonchev–Trinajstić information content (AvgIpc) is 2.96. The molecule has 5 heteroatoms. The van der Waals surface area contributed by atoms with Gasteiger partial charge < -0.3 is 15.5 Å². The number of hydrogen-bond donors (Lipinski definition) is 1. The predicted molar refractivity (Wildman–Crippen MR) is 76.3 cm³/mol. The summed E-state index contributed by atoms with van der Waals surface area (Å²) in [4.78, 5) is 28.1. The van der Waals surface area contributed by atoms with Crippen molar-refractivity contribution in [2.24, 2.45) is 0 Å². The molecule has 3 rings (SSSR count). The first-order valence-electron chi connectivity index (χ1n) is 7.10. The third kappa shape index (κ3) is 2.35. The molecule has 2 amide bonds. The highest BCUT2D eigenvalue weighted by Gasteiger charge is 2.28. The van der Waals surface area contributed by atoms with Crippen molar-refractivity contribution in [2.45, 2.75) is 19.3 Å². The van der Waals surface area contributed by atoms with Gasteiger partial charge in [-0.05, 0) is 37.0 Å². The lowest BCUT2D eigenvalue weighted by atomic mass is 9.98. The van der Waals surface area contributed by atoms with E-state index in [0.29, 0.717) is 17.8 Å². The van der Waals surface area contributed by atoms with Crippen LogP contribution in [0, 0.1) is 0 Å². The summed E-state index contributed by atoms with van der Waals surface area (Å²) < 4.78 is 0. The summed E-state index contributed by atoms with van der Waals surface area (Å²) in [6.07, 6.45) is 2.92. The molecule has 0 aliphatic carbocycles. The van der Waals surface area contributed by atoms with E-state index in [1.165, 1.54) is 0 Å². The van der Waals surface area contributed by atoms with E-state index in [-0.39, 0.29) is 18.4 Å². The molecule has 0 radical (unpaired) electrons. The quantitative estimate of drug-likeness (QED) is 0.814. The fourth-order valence-electron chi connectivity index (χ4n) is 2.92. The molecular weight excluding hydrogens is 254 g/mol. The van der Waals surface area contributed by atoms with Crippen LogP contribution >= 0.6 is 0 Å². The van der Waals surface area contributed by atoms with Crippen LogP contribution in [-0.4, -0.2) is 47.8 Å². The smallest absolute Gasteiger partial charge is 0.254 e. The summed E-state index contributed by atoms with van der Waals surface area (Å²) in [5.41, 5.74) is 8.00. The van der Waals surface area contributed by atoms with Gasteiger partial charge >= 0.3 is 0 Å². The van der Waals surface area contributed by atoms with Gasteiger partial charge in [-0.3, -0.25) is 9.59 Å². The largest absolute Gasteiger partial charge is 0.399 e. The number of nitrogens with zero attached hydrogens (tertiary/aromatic N) is 2. The topological polar surface area (TPSA) is 66.6 Å². The van der Waals surface area contributed by atoms with Crippen LogP contribution in [0.5, 0.6) is 0 Å². The number of anilines is 1. The maximum atomic E-state index is 12.4. The molecular formula is C15H19N3O2. The Hall–Kier alpha value is -2.04. The lowest BCUT2D eigenvalue weighted by molar-refractivity contribution is -0.130. The number of carbonyl (C=O) groups is 2. The zero-order chi connectivity index (χ0) is 14.1. The van der Waals surface area contributed by atoms with Gasteiger partial charge in [0.2, 0.25) is 5.91 Å². The Bertz CT molecular complexity index is 550. The second-order valence-corrected chi connectivity index (χ2v) is 5.48. The Morgan fingerprint density at radius 1 is 1.20 bits per heavy atom. The highest BCUT2D eigenvalue weighted by atomic mass is 16.2. The van der Waals surface area contributed by atoms with E-state index in [4.69, 9.17) is 5.73 Å². The summed E-state index contributed by atoms with van der Waals surface area (Å²) in [7, 11) is 0. The minimum Gasteiger partial charge on any atom is -0.399 e. The standard InChI is InChI=1S/C15H19N3O2/c16-12-4-3-11-5-8-18(15(20)13(11)9-12)10-14(19)17-6-1-2-7-17/h3-4,9H,1-2,5-8,10,16H2. The van der Waals surface area contributed by atoms with Gasteiger partial charge in [0, 0.05) is 30.9 Å². The van der Waals surface area contributed by atoms with Crippen LogP contribution in [0.25, 0.3) is 0 Å². The van der Waals surface area contributed by atoms with Crippen LogP contribution in [-0.2, 0) is 11.2 Å². The molecule has 0 bridgehead atoms. The first-order valence-corrected chi connectivity index (χ1v) is 7.10. The normalized spacial score (nSPS) is 18.3. The second-order valence-electron chi connectivity index (χ2n) is 5.48. The Morgan fingerprint density at radius 3 is 2.70 bits per heavy atom. The molecule has 2 aliphatic heterocycles. The van der Waals surface area contributed by atoms with Crippen LogP contribution < -0.4 is 5.73 Å². The lowest BCUT2D eigenvalue weighted by Crippen LogP contribution is -2.45. The zero-order valence-corrected chi connectivity index (χ0v) is 11.5. The second kappa shape index (κ2) is 5.15. The maximum Gasteiger partial charge on any atom is 0.254 e. The molecule has 1 fully saturated rings. The number of amides is 2. The molecule has 106 valence electrons. The Kier molecular flexibility index (Phi) is 3.34. The van der Waals surface area contributed by atoms with E-state index in [1.807, 2.05) is 17.0 Å². The van der Waals surface area contributed by atoms with Gasteiger partial charge in [0.1, 0.15) is 6.54 Å². The van der Waals surface area contributed by atoms with Gasteiger partial charge in [-0.25, -0.2) is 0 Å². The number of nitrogens with two attached hydrogens (primary N) is 1. The van der Waals surface area contributed by atoms with Crippen molar-refractivity contribution in [3.8, 4) is 0 Å². The summed E-state index contributed by atoms with van der Waals surface area (Å²) in [6.45, 7) is 2.44. The maximum absolute atomic E-state index is 12.4. The first-order chi connectivity index (χ1) is 9.65. The molecule has 1 aromatic rings. The molecule has 5 nitrogen and oxygen atoms in total. The van der Waals surface area contributed by atoms with E-state index < -0.39 is 0 Å². The van der Waals surface area contributed by atoms with E-state index in [2.05, 4.69) is 0 Å². The first kappa shape index (κ1) is 13.0. The Morgan fingerprint density at radius 2 is 1.95 bits per heavy atom. The monoisotopic (exact) mass is 273 g/mol. The molecule has 0 spiro atoms. The summed E-state index contributed by atoms with van der Waals surface area (Å²) in [5, 5.41) is 0. The molecule has 2 heterocycles. The average molecular weight is 273 g/mol. The molecule has 2 N–H and O–H groups in total. The molecule has 1 aromatic carbocycles. The minimum absolute atomic E-state index is 0.0585. The number of nitrogen functional groups attached to an aromatic ring is 1. The van der Waals surface area contributed by atoms with Crippen molar-refractivity contribution in [2.75, 3.05) is 31.9 Å². The van der Waals surface area contributed by atoms with Gasteiger partial charge in [0.05, 0.1) is 0 Å². The number of hydrogen-bond acceptors (Lipinski definition) is 3. The number of carbonyl (C=O) groups excluding carboxylic acids is 2. The van der Waals surface area contributed by atoms with Crippen LogP contribution in [0.3, 0.4) is 0 Å². The molecule has 1 saturated heterocycles. The van der Waals surface area contributed by atoms with Gasteiger partial charge in [-0.1, -0.05) is 6.07 Å². The lowest BCUT2D eigenvalue weighted by Gasteiger charge is -2.29. The van der Waals surface area contributed by atoms with E-state index in [9.17, 15) is 9.59 Å². The number of fused-ring (bicyclic) bond motifs is 1. The number of benzene rings is 1. The SMILES string of the molecule is Nc1ccc2c(c1)C(=O)N(CC(=O)N1CCCC1)CC2. The molecule has 2 aliphatic rings. The molecule has 0 aromatic heterocycles. The summed E-state index contributed by atoms with van der Waals surface area (Å²) in [6, 6.07) is 5.43. The summed E-state index contributed by atoms with van der Waals surface area (Å²) >= 11 is 0. The van der Waals surface area contributed by atoms with Crippen molar-refractivity contribution in [1.82, 2.24) is 9.80 Å². The highest BCUT2D eigenvalue weighted by Crippen LogP contribution is 2.21. The van der Waals surface area contributed by atoms with Gasteiger partial charge in [0.25, 0.3) is 5.91 Å². The minimum atomic E-state index is -0.0777. The summed E-state index contributed by atoms with van der Waals surface area (Å²) in [5.74, 6) is -0.0192. The number of likely N-dealkylation sites (tertiary alicyclic amines) is 1. The van der Waals surface area contributed by atoms with Gasteiger partial charge in [-0.2, -0.15) is 0 Å². The molecule has 20 heavy (non-hydrogen) atoms. The van der Waals surface area contributed by atoms with Crippen LogP contribution in [0.2, 0.25) is 0 Å². The zero-order valence-electron chi connectivity index (χ0n) is 11.5. The number of rotatable bonds is 2. The van der Waals surface area contributed by atoms with Crippen LogP contribution in [0.15, 0.2) is 18.2 Å². The molecule has 0 unspecified atom stereocenters. The predicted octanol–water partition coefficient (Wildman–Crippen LogP) is 0.889. The third-order valence-electron chi connectivity index (χ3n) is 4.09. The van der Waals surface area contributed by atoms with Crippen molar-refractivity contribution in [3.63, 3.8) is 0 Å². The van der Waals surface area contributed by atoms with Gasteiger partial charge in [-0.15, -0.1) is 0 Å². The van der Waals surface area contributed by atoms with Gasteiger partial charge in [0.15, 0.2) is 0 Å². The van der Waals surface area contributed by atoms with Crippen molar-refractivity contribution < 1.29 is 9.59 Å². The molecule has 0 saturated carbocycles. The van der Waals surface area contributed by atoms with Crippen LogP contribution in [0.1, 0.15) is 28.8 Å². The van der Waals surface area contributed by atoms with E-state index >= 15 is 0 Å². The Labute approximate surface area is 118 Å². The van der Waals surface area contributed by atoms with Crippen molar-refractivity contribution in [3.05, 3.63) is 29.3 Å². The van der Waals surface area contributed by atoms with E-state index in [1.54, 1.807) is 11.0 Å². The Balaban J connectivity index is 1.73. The van der Waals surface area contributed by atoms with Crippen molar-refractivity contribution >= 4 is 17.5 Å². The third-order valence-corrected chi connectivity index (χ3v) is 4.09. The van der Waals surface area contributed by atoms with Crippen molar-refractivity contribution in [1.29, 1.82) is 0 Å². The highest BCUT2D eigenvalue weighted by molar-refractivity contribution is 5.99.